The Labute approximate surface area is 166 Å². The van der Waals surface area contributed by atoms with Crippen LogP contribution < -0.4 is 0 Å². The molecule has 28 heavy (non-hydrogen) atoms. The number of hydrogen-bond acceptors (Lipinski definition) is 3. The zero-order chi connectivity index (χ0) is 20.6. The third-order valence-corrected chi connectivity index (χ3v) is 5.16. The smallest absolute Gasteiger partial charge is 0.339 e. The SMILES string of the molecule is CCn1cc(Cl)c(CN(C)C(=O)C(C)Cn2nc(C(F)(F)F)cc2C2CC2)n1. The van der Waals surface area contributed by atoms with Crippen LogP contribution in [-0.4, -0.2) is 37.4 Å². The molecule has 1 atom stereocenters. The lowest BCUT2D eigenvalue weighted by Gasteiger charge is -2.21. The van der Waals surface area contributed by atoms with Crippen molar-refractivity contribution in [1.82, 2.24) is 24.5 Å². The van der Waals surface area contributed by atoms with Crippen LogP contribution in [0.5, 0.6) is 0 Å². The van der Waals surface area contributed by atoms with Gasteiger partial charge in [-0.2, -0.15) is 23.4 Å². The molecule has 0 saturated heterocycles. The Bertz CT molecular complexity index is 856. The first-order valence-corrected chi connectivity index (χ1v) is 9.59. The largest absolute Gasteiger partial charge is 0.435 e. The normalized spacial score (nSPS) is 15.7. The molecule has 1 unspecified atom stereocenters. The highest BCUT2D eigenvalue weighted by Crippen LogP contribution is 2.42. The number of alkyl halides is 3. The Morgan fingerprint density at radius 2 is 2.07 bits per heavy atom. The molecule has 10 heteroatoms. The summed E-state index contributed by atoms with van der Waals surface area (Å²) in [6.45, 7) is 4.62. The van der Waals surface area contributed by atoms with Crippen LogP contribution in [0.4, 0.5) is 13.2 Å². The second kappa shape index (κ2) is 7.77. The minimum atomic E-state index is -4.49. The maximum atomic E-state index is 13.0. The van der Waals surface area contributed by atoms with Gasteiger partial charge in [0.2, 0.25) is 5.91 Å². The van der Waals surface area contributed by atoms with E-state index in [1.807, 2.05) is 6.92 Å². The number of carbonyl (C=O) groups is 1. The van der Waals surface area contributed by atoms with E-state index in [0.717, 1.165) is 18.9 Å². The summed E-state index contributed by atoms with van der Waals surface area (Å²) in [6, 6.07) is 1.11. The first-order valence-electron chi connectivity index (χ1n) is 9.21. The maximum absolute atomic E-state index is 13.0. The van der Waals surface area contributed by atoms with Crippen molar-refractivity contribution in [2.24, 2.45) is 5.92 Å². The van der Waals surface area contributed by atoms with Gasteiger partial charge in [0.1, 0.15) is 5.69 Å². The Kier molecular flexibility index (Phi) is 5.74. The summed E-state index contributed by atoms with van der Waals surface area (Å²) in [4.78, 5) is 14.2. The van der Waals surface area contributed by atoms with Crippen molar-refractivity contribution in [3.63, 3.8) is 0 Å². The monoisotopic (exact) mass is 417 g/mol. The predicted octanol–water partition coefficient (Wildman–Crippen LogP) is 3.94. The molecule has 0 aliphatic heterocycles. The van der Waals surface area contributed by atoms with E-state index in [1.165, 1.54) is 9.58 Å². The fourth-order valence-electron chi connectivity index (χ4n) is 3.15. The molecule has 2 aromatic heterocycles. The first-order chi connectivity index (χ1) is 13.1. The van der Waals surface area contributed by atoms with E-state index in [2.05, 4.69) is 10.2 Å². The average molecular weight is 418 g/mol. The van der Waals surface area contributed by atoms with Crippen LogP contribution in [0.3, 0.4) is 0 Å². The Hall–Kier alpha value is -2.03. The number of carbonyl (C=O) groups excluding carboxylic acids is 1. The minimum absolute atomic E-state index is 0.0976. The van der Waals surface area contributed by atoms with Crippen LogP contribution in [-0.2, 0) is 30.6 Å². The number of halogens is 4. The Morgan fingerprint density at radius 1 is 1.39 bits per heavy atom. The van der Waals surface area contributed by atoms with Gasteiger partial charge < -0.3 is 4.90 Å². The molecule has 0 bridgehead atoms. The lowest BCUT2D eigenvalue weighted by Crippen LogP contribution is -2.34. The summed E-state index contributed by atoms with van der Waals surface area (Å²) in [7, 11) is 1.63. The summed E-state index contributed by atoms with van der Waals surface area (Å²) in [6.07, 6.45) is -1.09. The van der Waals surface area contributed by atoms with Crippen LogP contribution in [0.15, 0.2) is 12.3 Å². The number of aryl methyl sites for hydroxylation is 1. The molecule has 6 nitrogen and oxygen atoms in total. The van der Waals surface area contributed by atoms with Crippen LogP contribution in [0.1, 0.15) is 49.7 Å². The molecule has 1 amide bonds. The van der Waals surface area contributed by atoms with Gasteiger partial charge in [-0.1, -0.05) is 18.5 Å². The van der Waals surface area contributed by atoms with Crippen molar-refractivity contribution in [1.29, 1.82) is 0 Å². The molecular formula is C18H23ClF3N5O. The van der Waals surface area contributed by atoms with Gasteiger partial charge >= 0.3 is 6.18 Å². The van der Waals surface area contributed by atoms with Gasteiger partial charge in [0, 0.05) is 31.4 Å². The first kappa shape index (κ1) is 20.7. The van der Waals surface area contributed by atoms with Crippen molar-refractivity contribution < 1.29 is 18.0 Å². The number of amides is 1. The highest BCUT2D eigenvalue weighted by atomic mass is 35.5. The fourth-order valence-corrected chi connectivity index (χ4v) is 3.36. The Morgan fingerprint density at radius 3 is 2.61 bits per heavy atom. The Balaban J connectivity index is 1.70. The molecule has 0 radical (unpaired) electrons. The highest BCUT2D eigenvalue weighted by Gasteiger charge is 2.38. The van der Waals surface area contributed by atoms with Gasteiger partial charge in [0.25, 0.3) is 0 Å². The van der Waals surface area contributed by atoms with Gasteiger partial charge in [-0.15, -0.1) is 0 Å². The second-order valence-electron chi connectivity index (χ2n) is 7.28. The second-order valence-corrected chi connectivity index (χ2v) is 7.69. The van der Waals surface area contributed by atoms with Crippen molar-refractivity contribution in [2.45, 2.75) is 58.4 Å². The molecular weight excluding hydrogens is 395 g/mol. The van der Waals surface area contributed by atoms with Crippen LogP contribution in [0.2, 0.25) is 5.02 Å². The van der Waals surface area contributed by atoms with Crippen LogP contribution >= 0.6 is 11.6 Å². The van der Waals surface area contributed by atoms with E-state index < -0.39 is 17.8 Å². The molecule has 1 saturated carbocycles. The molecule has 3 rings (SSSR count). The van der Waals surface area contributed by atoms with E-state index in [1.54, 1.807) is 24.9 Å². The third-order valence-electron chi connectivity index (χ3n) is 4.84. The van der Waals surface area contributed by atoms with Crippen LogP contribution in [0.25, 0.3) is 0 Å². The number of hydrogen-bond donors (Lipinski definition) is 0. The molecule has 2 aromatic rings. The van der Waals surface area contributed by atoms with Gasteiger partial charge in [0.05, 0.1) is 24.0 Å². The van der Waals surface area contributed by atoms with E-state index in [-0.39, 0.29) is 24.9 Å². The maximum Gasteiger partial charge on any atom is 0.435 e. The van der Waals surface area contributed by atoms with E-state index in [9.17, 15) is 18.0 Å². The number of rotatable bonds is 7. The fraction of sp³-hybridized carbons (Fsp3) is 0.611. The third kappa shape index (κ3) is 4.51. The number of nitrogens with zero attached hydrogens (tertiary/aromatic N) is 5. The van der Waals surface area contributed by atoms with Gasteiger partial charge in [0.15, 0.2) is 5.69 Å². The van der Waals surface area contributed by atoms with Gasteiger partial charge in [-0.05, 0) is 25.8 Å². The van der Waals surface area contributed by atoms with E-state index in [0.29, 0.717) is 23.0 Å². The molecule has 0 aromatic carbocycles. The molecule has 154 valence electrons. The zero-order valence-corrected chi connectivity index (χ0v) is 16.8. The van der Waals surface area contributed by atoms with Crippen molar-refractivity contribution >= 4 is 17.5 Å². The van der Waals surface area contributed by atoms with Gasteiger partial charge in [-0.3, -0.25) is 14.2 Å². The van der Waals surface area contributed by atoms with Crippen molar-refractivity contribution in [2.75, 3.05) is 7.05 Å². The molecule has 0 N–H and O–H groups in total. The molecule has 0 spiro atoms. The van der Waals surface area contributed by atoms with E-state index >= 15 is 0 Å². The lowest BCUT2D eigenvalue weighted by atomic mass is 10.1. The standard InChI is InChI=1S/C18H23ClF3N5O/c1-4-26-9-13(19)14(23-26)10-25(3)17(28)11(2)8-27-15(12-5-6-12)7-16(24-27)18(20,21)22/h7,9,11-12H,4-6,8,10H2,1-3H3. The summed E-state index contributed by atoms with van der Waals surface area (Å²) in [5.41, 5.74) is 0.238. The molecule has 1 aliphatic carbocycles. The minimum Gasteiger partial charge on any atom is -0.339 e. The molecule has 1 aliphatic rings. The molecule has 1 fully saturated rings. The van der Waals surface area contributed by atoms with Crippen LogP contribution in [0, 0.1) is 5.92 Å². The summed E-state index contributed by atoms with van der Waals surface area (Å²) in [5.74, 6) is -0.635. The van der Waals surface area contributed by atoms with Crippen molar-refractivity contribution in [3.05, 3.63) is 34.4 Å². The zero-order valence-electron chi connectivity index (χ0n) is 16.0. The average Bonchev–Trinajstić information content (AvgIpc) is 3.28. The highest BCUT2D eigenvalue weighted by molar-refractivity contribution is 6.31. The topological polar surface area (TPSA) is 56.0 Å². The lowest BCUT2D eigenvalue weighted by molar-refractivity contribution is -0.141. The quantitative estimate of drug-likeness (QED) is 0.685. The summed E-state index contributed by atoms with van der Waals surface area (Å²) >= 11 is 6.15. The molecule has 2 heterocycles. The van der Waals surface area contributed by atoms with Gasteiger partial charge in [-0.25, -0.2) is 0 Å². The number of aromatic nitrogens is 4. The summed E-state index contributed by atoms with van der Waals surface area (Å²) in [5, 5.41) is 8.52. The summed E-state index contributed by atoms with van der Waals surface area (Å²) < 4.78 is 42.1. The predicted molar refractivity (Wildman–Crippen MR) is 97.8 cm³/mol. The van der Waals surface area contributed by atoms with Crippen molar-refractivity contribution in [3.8, 4) is 0 Å². The van der Waals surface area contributed by atoms with E-state index in [4.69, 9.17) is 11.6 Å².